The van der Waals surface area contributed by atoms with E-state index in [0.29, 0.717) is 16.5 Å². The van der Waals surface area contributed by atoms with Crippen molar-refractivity contribution >= 4 is 31.6 Å². The molecule has 1 aliphatic heterocycles. The predicted molar refractivity (Wildman–Crippen MR) is 127 cm³/mol. The zero-order chi connectivity index (χ0) is 23.5. The van der Waals surface area contributed by atoms with Gasteiger partial charge >= 0.3 is 0 Å². The zero-order valence-corrected chi connectivity index (χ0v) is 20.0. The Morgan fingerprint density at radius 1 is 0.906 bits per heavy atom. The number of halogens is 1. The van der Waals surface area contributed by atoms with E-state index < -0.39 is 20.0 Å². The smallest absolute Gasteiger partial charge is 0.294 e. The molecule has 0 atom stereocenters. The molecule has 0 aliphatic carbocycles. The van der Waals surface area contributed by atoms with Crippen molar-refractivity contribution in [2.75, 3.05) is 19.3 Å². The summed E-state index contributed by atoms with van der Waals surface area (Å²) in [7, 11) is -7.34. The molecule has 1 aliphatic rings. The summed E-state index contributed by atoms with van der Waals surface area (Å²) in [6.45, 7) is 3.86. The van der Waals surface area contributed by atoms with Crippen molar-refractivity contribution in [1.82, 2.24) is 5.32 Å². The topological polar surface area (TPSA) is 101 Å². The lowest BCUT2D eigenvalue weighted by molar-refractivity contribution is 0.448. The summed E-state index contributed by atoms with van der Waals surface area (Å²) >= 11 is 5.93. The molecule has 1 fully saturated rings. The SMILES string of the molecule is CS(=O)(=O)c1cc(Cl)ccc1-c1ccc(C2CNC2)cc1.Cc1ccc(S(=O)(=O)O)cc1. The number of aryl methyl sites for hydroxylation is 1. The van der Waals surface area contributed by atoms with Crippen molar-refractivity contribution in [1.29, 1.82) is 0 Å². The summed E-state index contributed by atoms with van der Waals surface area (Å²) in [5.41, 5.74) is 3.83. The van der Waals surface area contributed by atoms with Crippen molar-refractivity contribution in [2.45, 2.75) is 22.6 Å². The average molecular weight is 494 g/mol. The Morgan fingerprint density at radius 3 is 1.97 bits per heavy atom. The third-order valence-corrected chi connectivity index (χ3v) is 7.38. The van der Waals surface area contributed by atoms with Crippen LogP contribution >= 0.6 is 11.6 Å². The standard InChI is InChI=1S/C16H16ClNO2S.C7H8O3S/c1-21(19,20)16-8-14(17)6-7-15(16)12-4-2-11(3-5-12)13-9-18-10-13;1-6-2-4-7(5-3-6)11(8,9)10/h2-8,13,18H,9-10H2,1H3;2-5H,1H3,(H,8,9,10). The number of sulfone groups is 1. The first-order valence-corrected chi connectivity index (χ1v) is 13.5. The fourth-order valence-electron chi connectivity index (χ4n) is 3.21. The van der Waals surface area contributed by atoms with Gasteiger partial charge in [0.05, 0.1) is 9.79 Å². The first-order chi connectivity index (χ1) is 14.9. The molecule has 0 spiro atoms. The molecule has 0 aromatic heterocycles. The molecule has 32 heavy (non-hydrogen) atoms. The highest BCUT2D eigenvalue weighted by Crippen LogP contribution is 2.31. The molecule has 2 N–H and O–H groups in total. The average Bonchev–Trinajstić information content (AvgIpc) is 2.67. The van der Waals surface area contributed by atoms with E-state index in [4.69, 9.17) is 16.2 Å². The van der Waals surface area contributed by atoms with Gasteiger partial charge in [-0.2, -0.15) is 8.42 Å². The minimum atomic E-state index is -4.02. The van der Waals surface area contributed by atoms with E-state index in [1.54, 1.807) is 24.3 Å². The highest BCUT2D eigenvalue weighted by Gasteiger charge is 2.19. The van der Waals surface area contributed by atoms with Gasteiger partial charge in [0.1, 0.15) is 0 Å². The van der Waals surface area contributed by atoms with Gasteiger partial charge in [0.25, 0.3) is 10.1 Å². The van der Waals surface area contributed by atoms with Gasteiger partial charge in [-0.05, 0) is 42.3 Å². The largest absolute Gasteiger partial charge is 0.315 e. The van der Waals surface area contributed by atoms with Crippen LogP contribution in [0.2, 0.25) is 5.02 Å². The molecular weight excluding hydrogens is 470 g/mol. The third-order valence-electron chi connectivity index (χ3n) is 5.14. The monoisotopic (exact) mass is 493 g/mol. The summed E-state index contributed by atoms with van der Waals surface area (Å²) in [5.74, 6) is 0.568. The quantitative estimate of drug-likeness (QED) is 0.524. The predicted octanol–water partition coefficient (Wildman–Crippen LogP) is 4.34. The highest BCUT2D eigenvalue weighted by atomic mass is 35.5. The molecule has 3 aromatic carbocycles. The van der Waals surface area contributed by atoms with Crippen LogP contribution in [0.5, 0.6) is 0 Å². The van der Waals surface area contributed by atoms with Crippen LogP contribution in [-0.2, 0) is 20.0 Å². The van der Waals surface area contributed by atoms with Gasteiger partial charge in [-0.3, -0.25) is 4.55 Å². The van der Waals surface area contributed by atoms with Crippen LogP contribution in [0.15, 0.2) is 76.5 Å². The van der Waals surface area contributed by atoms with Crippen LogP contribution in [0.4, 0.5) is 0 Å². The zero-order valence-electron chi connectivity index (χ0n) is 17.6. The highest BCUT2D eigenvalue weighted by molar-refractivity contribution is 7.90. The van der Waals surface area contributed by atoms with Gasteiger partial charge in [-0.25, -0.2) is 8.42 Å². The Morgan fingerprint density at radius 2 is 1.50 bits per heavy atom. The minimum Gasteiger partial charge on any atom is -0.315 e. The van der Waals surface area contributed by atoms with E-state index in [-0.39, 0.29) is 9.79 Å². The van der Waals surface area contributed by atoms with E-state index >= 15 is 0 Å². The summed E-state index contributed by atoms with van der Waals surface area (Å²) in [5, 5.41) is 3.67. The lowest BCUT2D eigenvalue weighted by Gasteiger charge is -2.27. The van der Waals surface area contributed by atoms with Crippen LogP contribution in [-0.4, -0.2) is 40.7 Å². The maximum absolute atomic E-state index is 11.9. The van der Waals surface area contributed by atoms with E-state index in [9.17, 15) is 16.8 Å². The Labute approximate surface area is 193 Å². The molecule has 1 saturated heterocycles. The van der Waals surface area contributed by atoms with Gasteiger partial charge < -0.3 is 5.32 Å². The summed E-state index contributed by atoms with van der Waals surface area (Å²) < 4.78 is 53.4. The summed E-state index contributed by atoms with van der Waals surface area (Å²) in [4.78, 5) is 0.205. The maximum atomic E-state index is 11.9. The molecule has 0 unspecified atom stereocenters. The van der Waals surface area contributed by atoms with Crippen molar-refractivity contribution in [3.05, 3.63) is 82.9 Å². The molecule has 3 aromatic rings. The Bertz CT molecular complexity index is 1300. The van der Waals surface area contributed by atoms with Crippen molar-refractivity contribution in [2.24, 2.45) is 0 Å². The van der Waals surface area contributed by atoms with Gasteiger partial charge in [-0.1, -0.05) is 59.6 Å². The normalized spacial score (nSPS) is 14.2. The van der Waals surface area contributed by atoms with Crippen LogP contribution in [0.25, 0.3) is 11.1 Å². The first-order valence-electron chi connectivity index (χ1n) is 9.80. The van der Waals surface area contributed by atoms with E-state index in [1.165, 1.54) is 30.0 Å². The van der Waals surface area contributed by atoms with E-state index in [2.05, 4.69) is 17.4 Å². The number of benzene rings is 3. The summed E-state index contributed by atoms with van der Waals surface area (Å²) in [6.07, 6.45) is 1.20. The molecule has 0 saturated carbocycles. The molecule has 9 heteroatoms. The second kappa shape index (κ2) is 9.72. The number of nitrogens with one attached hydrogen (secondary N) is 1. The van der Waals surface area contributed by atoms with Crippen molar-refractivity contribution < 1.29 is 21.4 Å². The molecule has 6 nitrogen and oxygen atoms in total. The van der Waals surface area contributed by atoms with Gasteiger partial charge in [0.15, 0.2) is 9.84 Å². The maximum Gasteiger partial charge on any atom is 0.294 e. The number of hydrogen-bond donors (Lipinski definition) is 2. The Hall–Kier alpha value is -2.23. The van der Waals surface area contributed by atoms with Crippen LogP contribution in [0, 0.1) is 6.92 Å². The van der Waals surface area contributed by atoms with Crippen LogP contribution in [0.1, 0.15) is 17.0 Å². The van der Waals surface area contributed by atoms with Gasteiger partial charge in [-0.15, -0.1) is 0 Å². The van der Waals surface area contributed by atoms with Crippen LogP contribution < -0.4 is 5.32 Å². The summed E-state index contributed by atoms with van der Waals surface area (Å²) in [6, 6.07) is 19.1. The Kier molecular flexibility index (Phi) is 7.42. The first kappa shape index (κ1) is 24.4. The fraction of sp³-hybridized carbons (Fsp3) is 0.217. The number of hydrogen-bond acceptors (Lipinski definition) is 5. The van der Waals surface area contributed by atoms with Gasteiger partial charge in [0, 0.05) is 35.8 Å². The van der Waals surface area contributed by atoms with E-state index in [0.717, 1.165) is 24.2 Å². The van der Waals surface area contributed by atoms with Crippen molar-refractivity contribution in [3.63, 3.8) is 0 Å². The lowest BCUT2D eigenvalue weighted by Crippen LogP contribution is -2.39. The molecule has 0 bridgehead atoms. The second-order valence-corrected chi connectivity index (χ2v) is 11.5. The number of rotatable bonds is 4. The minimum absolute atomic E-state index is 0.0666. The Balaban J connectivity index is 0.000000222. The third kappa shape index (κ3) is 6.17. The lowest BCUT2D eigenvalue weighted by atomic mass is 9.92. The molecule has 1 heterocycles. The second-order valence-electron chi connectivity index (χ2n) is 7.68. The van der Waals surface area contributed by atoms with Crippen LogP contribution in [0.3, 0.4) is 0 Å². The molecule has 170 valence electrons. The molecule has 0 amide bonds. The van der Waals surface area contributed by atoms with Crippen molar-refractivity contribution in [3.8, 4) is 11.1 Å². The van der Waals surface area contributed by atoms with Gasteiger partial charge in [0.2, 0.25) is 0 Å². The molecule has 4 rings (SSSR count). The molecule has 0 radical (unpaired) electrons. The fourth-order valence-corrected chi connectivity index (χ4v) is 4.85. The molecular formula is C23H24ClNO5S2. The van der Waals surface area contributed by atoms with E-state index in [1.807, 2.05) is 19.1 Å².